The molecule has 0 aromatic heterocycles. The summed E-state index contributed by atoms with van der Waals surface area (Å²) in [7, 11) is 0. The Morgan fingerprint density at radius 3 is 2.62 bits per heavy atom. The molecule has 1 atom stereocenters. The van der Waals surface area contributed by atoms with E-state index >= 15 is 0 Å². The molecule has 1 aliphatic rings. The summed E-state index contributed by atoms with van der Waals surface area (Å²) in [5.41, 5.74) is 1.31. The van der Waals surface area contributed by atoms with Crippen LogP contribution >= 0.6 is 0 Å². The van der Waals surface area contributed by atoms with Crippen LogP contribution in [0, 0.1) is 5.92 Å². The molecule has 1 nitrogen and oxygen atoms in total. The van der Waals surface area contributed by atoms with E-state index in [1.165, 1.54) is 18.4 Å². The van der Waals surface area contributed by atoms with Gasteiger partial charge in [-0.2, -0.15) is 0 Å². The molecular formula is C12H15N. The second-order valence-corrected chi connectivity index (χ2v) is 3.72. The lowest BCUT2D eigenvalue weighted by atomic mass is 10.1. The van der Waals surface area contributed by atoms with Crippen LogP contribution in [-0.2, 0) is 0 Å². The summed E-state index contributed by atoms with van der Waals surface area (Å²) in [5, 5.41) is 0. The minimum atomic E-state index is 0.321. The van der Waals surface area contributed by atoms with E-state index in [2.05, 4.69) is 42.4 Å². The van der Waals surface area contributed by atoms with Gasteiger partial charge in [0.1, 0.15) is 0 Å². The zero-order valence-corrected chi connectivity index (χ0v) is 7.98. The van der Waals surface area contributed by atoms with Gasteiger partial charge in [-0.3, -0.25) is 4.99 Å². The fourth-order valence-corrected chi connectivity index (χ4v) is 1.31. The van der Waals surface area contributed by atoms with Crippen LogP contribution in [0.25, 0.3) is 0 Å². The minimum Gasteiger partial charge on any atom is -0.289 e. The molecule has 0 heterocycles. The van der Waals surface area contributed by atoms with E-state index in [4.69, 9.17) is 0 Å². The van der Waals surface area contributed by atoms with Crippen LogP contribution in [0.3, 0.4) is 0 Å². The Morgan fingerprint density at radius 2 is 2.00 bits per heavy atom. The highest BCUT2D eigenvalue weighted by atomic mass is 14.8. The molecule has 68 valence electrons. The Balaban J connectivity index is 1.99. The Kier molecular flexibility index (Phi) is 2.44. The van der Waals surface area contributed by atoms with E-state index in [9.17, 15) is 0 Å². The quantitative estimate of drug-likeness (QED) is 0.622. The van der Waals surface area contributed by atoms with Crippen molar-refractivity contribution < 1.29 is 0 Å². The van der Waals surface area contributed by atoms with Gasteiger partial charge in [-0.1, -0.05) is 30.3 Å². The molecule has 0 amide bonds. The Hall–Kier alpha value is -1.11. The zero-order chi connectivity index (χ0) is 9.10. The third-order valence-corrected chi connectivity index (χ3v) is 2.42. The van der Waals surface area contributed by atoms with E-state index in [1.54, 1.807) is 0 Å². The maximum absolute atomic E-state index is 4.53. The zero-order valence-electron chi connectivity index (χ0n) is 7.98. The summed E-state index contributed by atoms with van der Waals surface area (Å²) in [6.07, 6.45) is 4.80. The van der Waals surface area contributed by atoms with Crippen molar-refractivity contribution in [2.24, 2.45) is 10.9 Å². The molecule has 1 heteroatoms. The van der Waals surface area contributed by atoms with E-state index < -0.39 is 0 Å². The summed E-state index contributed by atoms with van der Waals surface area (Å²) in [6.45, 7) is 2.15. The van der Waals surface area contributed by atoms with Gasteiger partial charge in [-0.05, 0) is 31.2 Å². The monoisotopic (exact) mass is 173 g/mol. The average molecular weight is 173 g/mol. The molecule has 1 saturated carbocycles. The van der Waals surface area contributed by atoms with E-state index in [1.807, 2.05) is 6.07 Å². The van der Waals surface area contributed by atoms with E-state index in [-0.39, 0.29) is 0 Å². The van der Waals surface area contributed by atoms with Crippen LogP contribution in [0.1, 0.15) is 31.4 Å². The van der Waals surface area contributed by atoms with Gasteiger partial charge in [0.2, 0.25) is 0 Å². The van der Waals surface area contributed by atoms with Gasteiger partial charge in [-0.25, -0.2) is 0 Å². The van der Waals surface area contributed by atoms with Crippen molar-refractivity contribution in [3.8, 4) is 0 Å². The molecule has 1 aliphatic carbocycles. The molecule has 13 heavy (non-hydrogen) atoms. The van der Waals surface area contributed by atoms with Crippen molar-refractivity contribution in [2.45, 2.75) is 25.8 Å². The first-order valence-corrected chi connectivity index (χ1v) is 4.94. The summed E-state index contributed by atoms with van der Waals surface area (Å²) in [6, 6.07) is 10.8. The van der Waals surface area contributed by atoms with E-state index in [0.29, 0.717) is 6.04 Å². The molecule has 0 aliphatic heterocycles. The second kappa shape index (κ2) is 3.73. The van der Waals surface area contributed by atoms with Crippen LogP contribution in [0.2, 0.25) is 0 Å². The molecule has 0 spiro atoms. The van der Waals surface area contributed by atoms with Gasteiger partial charge in [0.25, 0.3) is 0 Å². The fraction of sp³-hybridized carbons (Fsp3) is 0.417. The van der Waals surface area contributed by atoms with Gasteiger partial charge in [0, 0.05) is 6.21 Å². The van der Waals surface area contributed by atoms with Gasteiger partial charge in [0.15, 0.2) is 0 Å². The maximum atomic E-state index is 4.53. The van der Waals surface area contributed by atoms with Crippen molar-refractivity contribution in [3.63, 3.8) is 0 Å². The fourth-order valence-electron chi connectivity index (χ4n) is 1.31. The first-order valence-electron chi connectivity index (χ1n) is 4.94. The molecule has 1 aromatic carbocycles. The number of aliphatic imine (C=N–C) groups is 1. The van der Waals surface area contributed by atoms with Gasteiger partial charge >= 0.3 is 0 Å². The first kappa shape index (κ1) is 8.49. The third kappa shape index (κ3) is 2.41. The van der Waals surface area contributed by atoms with Crippen LogP contribution in [-0.4, -0.2) is 6.21 Å². The normalized spacial score (nSPS) is 19.2. The summed E-state index contributed by atoms with van der Waals surface area (Å²) >= 11 is 0. The lowest BCUT2D eigenvalue weighted by molar-refractivity contribution is 0.819. The highest BCUT2D eigenvalue weighted by Crippen LogP contribution is 2.27. The summed E-state index contributed by atoms with van der Waals surface area (Å²) in [4.78, 5) is 4.53. The van der Waals surface area contributed by atoms with Gasteiger partial charge in [0.05, 0.1) is 6.04 Å². The lowest BCUT2D eigenvalue weighted by Crippen LogP contribution is -1.89. The van der Waals surface area contributed by atoms with Crippen molar-refractivity contribution in [3.05, 3.63) is 35.9 Å². The van der Waals surface area contributed by atoms with Crippen LogP contribution in [0.15, 0.2) is 35.3 Å². The van der Waals surface area contributed by atoms with Crippen molar-refractivity contribution in [1.29, 1.82) is 0 Å². The summed E-state index contributed by atoms with van der Waals surface area (Å²) < 4.78 is 0. The van der Waals surface area contributed by atoms with Crippen LogP contribution in [0.4, 0.5) is 0 Å². The van der Waals surface area contributed by atoms with Gasteiger partial charge < -0.3 is 0 Å². The van der Waals surface area contributed by atoms with Crippen molar-refractivity contribution in [1.82, 2.24) is 0 Å². The third-order valence-electron chi connectivity index (χ3n) is 2.42. The Morgan fingerprint density at radius 1 is 1.31 bits per heavy atom. The summed E-state index contributed by atoms with van der Waals surface area (Å²) in [5.74, 6) is 0.783. The highest BCUT2D eigenvalue weighted by molar-refractivity contribution is 5.64. The maximum Gasteiger partial charge on any atom is 0.0717 e. The first-order chi connectivity index (χ1) is 6.36. The topological polar surface area (TPSA) is 12.4 Å². The standard InChI is InChI=1S/C12H15N/c1-10(13-9-11-7-8-11)12-5-3-2-4-6-12/h2-6,9-11H,7-8H2,1H3. The Bertz CT molecular complexity index is 285. The predicted molar refractivity (Wildman–Crippen MR) is 56.1 cm³/mol. The lowest BCUT2D eigenvalue weighted by Gasteiger charge is -2.04. The molecule has 0 N–H and O–H groups in total. The number of nitrogens with zero attached hydrogens (tertiary/aromatic N) is 1. The molecule has 0 bridgehead atoms. The number of rotatable bonds is 3. The molecule has 2 rings (SSSR count). The molecule has 0 saturated heterocycles. The number of benzene rings is 1. The molecule has 0 radical (unpaired) electrons. The molecule has 1 fully saturated rings. The molecule has 1 aromatic rings. The smallest absolute Gasteiger partial charge is 0.0717 e. The second-order valence-electron chi connectivity index (χ2n) is 3.72. The predicted octanol–water partition coefficient (Wildman–Crippen LogP) is 3.23. The number of hydrogen-bond donors (Lipinski definition) is 0. The largest absolute Gasteiger partial charge is 0.289 e. The number of hydrogen-bond acceptors (Lipinski definition) is 1. The van der Waals surface area contributed by atoms with E-state index in [0.717, 1.165) is 5.92 Å². The minimum absolute atomic E-state index is 0.321. The average Bonchev–Trinajstić information content (AvgIpc) is 2.99. The van der Waals surface area contributed by atoms with Crippen LogP contribution < -0.4 is 0 Å². The highest BCUT2D eigenvalue weighted by Gasteiger charge is 2.18. The Labute approximate surface area is 79.5 Å². The SMILES string of the molecule is CC(N=CC1CC1)c1ccccc1. The van der Waals surface area contributed by atoms with Crippen molar-refractivity contribution in [2.75, 3.05) is 0 Å². The van der Waals surface area contributed by atoms with Gasteiger partial charge in [-0.15, -0.1) is 0 Å². The van der Waals surface area contributed by atoms with Crippen molar-refractivity contribution >= 4 is 6.21 Å². The van der Waals surface area contributed by atoms with Crippen LogP contribution in [0.5, 0.6) is 0 Å². The molecule has 1 unspecified atom stereocenters. The molecular weight excluding hydrogens is 158 g/mol.